The van der Waals surface area contributed by atoms with E-state index in [0.29, 0.717) is 36.8 Å². The van der Waals surface area contributed by atoms with E-state index in [4.69, 9.17) is 38.4 Å². The van der Waals surface area contributed by atoms with Crippen molar-refractivity contribution in [2.24, 2.45) is 5.73 Å². The second-order valence-electron chi connectivity index (χ2n) is 6.50. The molecule has 154 valence electrons. The van der Waals surface area contributed by atoms with Crippen molar-refractivity contribution in [1.82, 2.24) is 4.90 Å². The zero-order chi connectivity index (χ0) is 21.0. The Morgan fingerprint density at radius 2 is 1.83 bits per heavy atom. The van der Waals surface area contributed by atoms with Crippen molar-refractivity contribution in [1.29, 1.82) is 0 Å². The number of carbonyl (C=O) groups is 2. The summed E-state index contributed by atoms with van der Waals surface area (Å²) in [6.45, 7) is 2.17. The van der Waals surface area contributed by atoms with Crippen LogP contribution in [0.15, 0.2) is 36.4 Å². The summed E-state index contributed by atoms with van der Waals surface area (Å²) in [7, 11) is 1.43. The van der Waals surface area contributed by atoms with E-state index >= 15 is 0 Å². The Morgan fingerprint density at radius 3 is 2.45 bits per heavy atom. The standard InChI is InChI=1S/C20H21Cl2N3O4/c1-28-17-10-13(9-16(22)19(17)29-12-18(23)26)20(27)25-7-5-24(6-8-25)15-4-2-3-14(21)11-15/h2-4,9-11H,5-8,12H2,1H3,(H2,23,26). The normalized spacial score (nSPS) is 13.9. The van der Waals surface area contributed by atoms with Gasteiger partial charge in [0.05, 0.1) is 12.1 Å². The number of halogens is 2. The fraction of sp³-hybridized carbons (Fsp3) is 0.300. The van der Waals surface area contributed by atoms with Gasteiger partial charge < -0.3 is 25.0 Å². The molecule has 0 bridgehead atoms. The quantitative estimate of drug-likeness (QED) is 0.750. The second-order valence-corrected chi connectivity index (χ2v) is 7.35. The number of ether oxygens (including phenoxy) is 2. The molecule has 2 aromatic carbocycles. The maximum atomic E-state index is 13.0. The number of carbonyl (C=O) groups excluding carboxylic acids is 2. The lowest BCUT2D eigenvalue weighted by Gasteiger charge is -2.36. The van der Waals surface area contributed by atoms with Gasteiger partial charge in [0.2, 0.25) is 0 Å². The largest absolute Gasteiger partial charge is 0.493 e. The summed E-state index contributed by atoms with van der Waals surface area (Å²) in [4.78, 5) is 27.9. The van der Waals surface area contributed by atoms with E-state index in [2.05, 4.69) is 4.90 Å². The number of rotatable bonds is 6. The van der Waals surface area contributed by atoms with E-state index in [1.54, 1.807) is 11.0 Å². The van der Waals surface area contributed by atoms with E-state index in [1.807, 2.05) is 24.3 Å². The molecule has 0 aliphatic carbocycles. The van der Waals surface area contributed by atoms with Gasteiger partial charge in [-0.1, -0.05) is 29.3 Å². The first kappa shape index (κ1) is 21.1. The molecular weight excluding hydrogens is 417 g/mol. The first-order valence-corrected chi connectivity index (χ1v) is 9.73. The Kier molecular flexibility index (Phi) is 6.71. The smallest absolute Gasteiger partial charge is 0.255 e. The Bertz CT molecular complexity index is 915. The molecule has 2 aromatic rings. The highest BCUT2D eigenvalue weighted by atomic mass is 35.5. The minimum Gasteiger partial charge on any atom is -0.493 e. The van der Waals surface area contributed by atoms with Crippen LogP contribution in [0.2, 0.25) is 10.0 Å². The lowest BCUT2D eigenvalue weighted by Crippen LogP contribution is -2.48. The average molecular weight is 438 g/mol. The van der Waals surface area contributed by atoms with Crippen LogP contribution in [0, 0.1) is 0 Å². The number of methoxy groups -OCH3 is 1. The topological polar surface area (TPSA) is 85.1 Å². The molecule has 0 saturated carbocycles. The number of anilines is 1. The van der Waals surface area contributed by atoms with Crippen molar-refractivity contribution in [2.75, 3.05) is 44.8 Å². The van der Waals surface area contributed by atoms with Gasteiger partial charge in [0.25, 0.3) is 11.8 Å². The summed E-state index contributed by atoms with van der Waals surface area (Å²) in [5, 5.41) is 0.855. The molecule has 1 fully saturated rings. The van der Waals surface area contributed by atoms with Gasteiger partial charge in [-0.25, -0.2) is 0 Å². The molecule has 1 saturated heterocycles. The summed E-state index contributed by atoms with van der Waals surface area (Å²) in [6, 6.07) is 10.7. The number of primary amides is 1. The summed E-state index contributed by atoms with van der Waals surface area (Å²) in [5.74, 6) is -0.354. The van der Waals surface area contributed by atoms with Gasteiger partial charge >= 0.3 is 0 Å². The number of hydrogen-bond acceptors (Lipinski definition) is 5. The van der Waals surface area contributed by atoms with E-state index in [0.717, 1.165) is 5.69 Å². The van der Waals surface area contributed by atoms with Gasteiger partial charge in [-0.2, -0.15) is 0 Å². The first-order valence-electron chi connectivity index (χ1n) is 8.97. The van der Waals surface area contributed by atoms with Crippen LogP contribution in [-0.4, -0.2) is 56.6 Å². The maximum absolute atomic E-state index is 13.0. The molecule has 1 aliphatic heterocycles. The highest BCUT2D eigenvalue weighted by molar-refractivity contribution is 6.32. The fourth-order valence-corrected chi connectivity index (χ4v) is 3.60. The maximum Gasteiger partial charge on any atom is 0.255 e. The SMILES string of the molecule is COc1cc(C(=O)N2CCN(c3cccc(Cl)c3)CC2)cc(Cl)c1OCC(N)=O. The molecule has 0 aromatic heterocycles. The Morgan fingerprint density at radius 1 is 1.10 bits per heavy atom. The molecule has 2 amide bonds. The molecule has 1 aliphatic rings. The minimum atomic E-state index is -0.638. The third-order valence-corrected chi connectivity index (χ3v) is 5.09. The molecule has 9 heteroatoms. The van der Waals surface area contributed by atoms with Crippen molar-refractivity contribution in [3.63, 3.8) is 0 Å². The molecule has 2 N–H and O–H groups in total. The van der Waals surface area contributed by atoms with Crippen molar-refractivity contribution < 1.29 is 19.1 Å². The summed E-state index contributed by atoms with van der Waals surface area (Å²) in [5.41, 5.74) is 6.52. The van der Waals surface area contributed by atoms with Gasteiger partial charge in [-0.15, -0.1) is 0 Å². The van der Waals surface area contributed by atoms with E-state index < -0.39 is 5.91 Å². The number of piperazine rings is 1. The van der Waals surface area contributed by atoms with E-state index in [-0.39, 0.29) is 29.0 Å². The molecular formula is C20H21Cl2N3O4. The van der Waals surface area contributed by atoms with Gasteiger partial charge in [-0.05, 0) is 30.3 Å². The van der Waals surface area contributed by atoms with Crippen LogP contribution in [0.25, 0.3) is 0 Å². The lowest BCUT2D eigenvalue weighted by molar-refractivity contribution is -0.119. The molecule has 0 radical (unpaired) electrons. The first-order chi connectivity index (χ1) is 13.9. The van der Waals surface area contributed by atoms with Gasteiger partial charge in [-0.3, -0.25) is 9.59 Å². The monoisotopic (exact) mass is 437 g/mol. The second kappa shape index (κ2) is 9.24. The van der Waals surface area contributed by atoms with Crippen LogP contribution < -0.4 is 20.1 Å². The van der Waals surface area contributed by atoms with Gasteiger partial charge in [0.15, 0.2) is 18.1 Å². The minimum absolute atomic E-state index is 0.155. The zero-order valence-corrected chi connectivity index (χ0v) is 17.4. The average Bonchev–Trinajstić information content (AvgIpc) is 2.71. The predicted octanol–water partition coefficient (Wildman–Crippen LogP) is 2.83. The Balaban J connectivity index is 1.70. The molecule has 0 atom stereocenters. The molecule has 0 spiro atoms. The van der Waals surface area contributed by atoms with Crippen LogP contribution in [0.5, 0.6) is 11.5 Å². The molecule has 3 rings (SSSR count). The highest BCUT2D eigenvalue weighted by Crippen LogP contribution is 2.37. The van der Waals surface area contributed by atoms with Gasteiger partial charge in [0.1, 0.15) is 0 Å². The zero-order valence-electron chi connectivity index (χ0n) is 15.9. The van der Waals surface area contributed by atoms with Crippen molar-refractivity contribution in [3.8, 4) is 11.5 Å². The lowest BCUT2D eigenvalue weighted by atomic mass is 10.1. The van der Waals surface area contributed by atoms with Crippen LogP contribution in [0.3, 0.4) is 0 Å². The number of amides is 2. The molecule has 29 heavy (non-hydrogen) atoms. The van der Waals surface area contributed by atoms with Crippen molar-refractivity contribution in [2.45, 2.75) is 0 Å². The third kappa shape index (κ3) is 5.05. The third-order valence-electron chi connectivity index (χ3n) is 4.58. The summed E-state index contributed by atoms with van der Waals surface area (Å²) >= 11 is 12.3. The molecule has 7 nitrogen and oxygen atoms in total. The highest BCUT2D eigenvalue weighted by Gasteiger charge is 2.24. The van der Waals surface area contributed by atoms with Gasteiger partial charge in [0, 0.05) is 42.5 Å². The van der Waals surface area contributed by atoms with Crippen molar-refractivity contribution >= 4 is 40.7 Å². The van der Waals surface area contributed by atoms with E-state index in [9.17, 15) is 9.59 Å². The number of benzene rings is 2. The van der Waals surface area contributed by atoms with Crippen LogP contribution in [-0.2, 0) is 4.79 Å². The van der Waals surface area contributed by atoms with Crippen LogP contribution in [0.1, 0.15) is 10.4 Å². The molecule has 0 unspecified atom stereocenters. The van der Waals surface area contributed by atoms with Crippen LogP contribution in [0.4, 0.5) is 5.69 Å². The summed E-state index contributed by atoms with van der Waals surface area (Å²) in [6.07, 6.45) is 0. The van der Waals surface area contributed by atoms with E-state index in [1.165, 1.54) is 13.2 Å². The number of nitrogens with two attached hydrogens (primary N) is 1. The fourth-order valence-electron chi connectivity index (χ4n) is 3.15. The predicted molar refractivity (Wildman–Crippen MR) is 112 cm³/mol. The van der Waals surface area contributed by atoms with Crippen molar-refractivity contribution in [3.05, 3.63) is 52.0 Å². The number of nitrogens with zero attached hydrogens (tertiary/aromatic N) is 2. The Hall–Kier alpha value is -2.64. The number of hydrogen-bond donors (Lipinski definition) is 1. The molecule has 1 heterocycles. The summed E-state index contributed by atoms with van der Waals surface area (Å²) < 4.78 is 10.6. The van der Waals surface area contributed by atoms with Crippen LogP contribution >= 0.6 is 23.2 Å². The Labute approximate surface area is 178 Å².